The summed E-state index contributed by atoms with van der Waals surface area (Å²) in [5, 5.41) is 6.97. The molecule has 0 radical (unpaired) electrons. The highest BCUT2D eigenvalue weighted by molar-refractivity contribution is 4.75. The van der Waals surface area contributed by atoms with Gasteiger partial charge in [0.15, 0.2) is 0 Å². The third kappa shape index (κ3) is 3.65. The highest BCUT2D eigenvalue weighted by Gasteiger charge is 2.20. The van der Waals surface area contributed by atoms with E-state index in [1.165, 1.54) is 58.3 Å². The summed E-state index contributed by atoms with van der Waals surface area (Å²) in [5.41, 5.74) is 0. The third-order valence-electron chi connectivity index (χ3n) is 3.26. The van der Waals surface area contributed by atoms with Gasteiger partial charge in [0.25, 0.3) is 0 Å². The summed E-state index contributed by atoms with van der Waals surface area (Å²) in [4.78, 5) is 0. The highest BCUT2D eigenvalue weighted by atomic mass is 14.9. The van der Waals surface area contributed by atoms with Crippen molar-refractivity contribution in [3.8, 4) is 0 Å². The average molecular weight is 182 g/mol. The molecule has 1 atom stereocenters. The lowest BCUT2D eigenvalue weighted by Crippen LogP contribution is -2.25. The molecule has 0 bridgehead atoms. The van der Waals surface area contributed by atoms with Gasteiger partial charge in [-0.1, -0.05) is 12.8 Å². The molecular weight excluding hydrogens is 160 g/mol. The van der Waals surface area contributed by atoms with Crippen molar-refractivity contribution >= 4 is 0 Å². The SMILES string of the molecule is C(CNCC1CCNC1)CC1CC1. The van der Waals surface area contributed by atoms with E-state index in [1.54, 1.807) is 0 Å². The Balaban J connectivity index is 1.39. The largest absolute Gasteiger partial charge is 0.316 e. The van der Waals surface area contributed by atoms with Crippen LogP contribution in [0.5, 0.6) is 0 Å². The van der Waals surface area contributed by atoms with E-state index in [4.69, 9.17) is 0 Å². The first-order valence-electron chi connectivity index (χ1n) is 5.86. The van der Waals surface area contributed by atoms with Gasteiger partial charge in [0, 0.05) is 0 Å². The number of hydrogen-bond donors (Lipinski definition) is 2. The molecule has 2 nitrogen and oxygen atoms in total. The van der Waals surface area contributed by atoms with Crippen LogP contribution in [0.2, 0.25) is 0 Å². The molecular formula is C11H22N2. The van der Waals surface area contributed by atoms with E-state index in [2.05, 4.69) is 10.6 Å². The minimum atomic E-state index is 0.904. The summed E-state index contributed by atoms with van der Waals surface area (Å²) in [5.74, 6) is 2.01. The van der Waals surface area contributed by atoms with Crippen molar-refractivity contribution in [3.63, 3.8) is 0 Å². The lowest BCUT2D eigenvalue weighted by Gasteiger charge is -2.09. The van der Waals surface area contributed by atoms with E-state index >= 15 is 0 Å². The smallest absolute Gasteiger partial charge is 0.000790 e. The van der Waals surface area contributed by atoms with Crippen LogP contribution in [0.15, 0.2) is 0 Å². The molecule has 2 rings (SSSR count). The Hall–Kier alpha value is -0.0800. The fourth-order valence-electron chi connectivity index (χ4n) is 2.12. The van der Waals surface area contributed by atoms with Crippen LogP contribution >= 0.6 is 0 Å². The van der Waals surface area contributed by atoms with E-state index in [9.17, 15) is 0 Å². The highest BCUT2D eigenvalue weighted by Crippen LogP contribution is 2.33. The van der Waals surface area contributed by atoms with Gasteiger partial charge >= 0.3 is 0 Å². The van der Waals surface area contributed by atoms with E-state index in [0.29, 0.717) is 0 Å². The first-order chi connectivity index (χ1) is 6.45. The van der Waals surface area contributed by atoms with Crippen molar-refractivity contribution in [2.75, 3.05) is 26.2 Å². The number of hydrogen-bond acceptors (Lipinski definition) is 2. The minimum absolute atomic E-state index is 0.904. The Kier molecular flexibility index (Phi) is 3.62. The van der Waals surface area contributed by atoms with Crippen molar-refractivity contribution in [3.05, 3.63) is 0 Å². The molecule has 1 saturated heterocycles. The molecule has 0 aromatic carbocycles. The third-order valence-corrected chi connectivity index (χ3v) is 3.26. The lowest BCUT2D eigenvalue weighted by molar-refractivity contribution is 0.497. The summed E-state index contributed by atoms with van der Waals surface area (Å²) < 4.78 is 0. The molecule has 1 saturated carbocycles. The van der Waals surface area contributed by atoms with Crippen LogP contribution in [0.1, 0.15) is 32.1 Å². The van der Waals surface area contributed by atoms with Crippen LogP contribution in [0.4, 0.5) is 0 Å². The molecule has 2 heteroatoms. The molecule has 2 aliphatic rings. The Bertz CT molecular complexity index is 137. The van der Waals surface area contributed by atoms with Crippen molar-refractivity contribution in [2.45, 2.75) is 32.1 Å². The zero-order chi connectivity index (χ0) is 8.93. The normalized spacial score (nSPS) is 28.2. The van der Waals surface area contributed by atoms with Crippen LogP contribution in [0, 0.1) is 11.8 Å². The van der Waals surface area contributed by atoms with Crippen LogP contribution in [-0.2, 0) is 0 Å². The molecule has 0 amide bonds. The van der Waals surface area contributed by atoms with Gasteiger partial charge in [-0.3, -0.25) is 0 Å². The van der Waals surface area contributed by atoms with Gasteiger partial charge < -0.3 is 10.6 Å². The maximum atomic E-state index is 3.57. The van der Waals surface area contributed by atoms with Gasteiger partial charge in [-0.15, -0.1) is 0 Å². The molecule has 0 spiro atoms. The molecule has 1 heterocycles. The summed E-state index contributed by atoms with van der Waals surface area (Å²) in [6.45, 7) is 4.94. The van der Waals surface area contributed by atoms with Crippen molar-refractivity contribution in [1.29, 1.82) is 0 Å². The van der Waals surface area contributed by atoms with Crippen molar-refractivity contribution < 1.29 is 0 Å². The Morgan fingerprint density at radius 1 is 1.15 bits per heavy atom. The first kappa shape index (κ1) is 9.47. The summed E-state index contributed by atoms with van der Waals surface area (Å²) >= 11 is 0. The number of nitrogens with one attached hydrogen (secondary N) is 2. The predicted molar refractivity (Wildman–Crippen MR) is 55.8 cm³/mol. The lowest BCUT2D eigenvalue weighted by atomic mass is 10.1. The second-order valence-electron chi connectivity index (χ2n) is 4.65. The second-order valence-corrected chi connectivity index (χ2v) is 4.65. The second kappa shape index (κ2) is 4.97. The Morgan fingerprint density at radius 2 is 2.08 bits per heavy atom. The maximum absolute atomic E-state index is 3.57. The van der Waals surface area contributed by atoms with Gasteiger partial charge in [0.05, 0.1) is 0 Å². The fourth-order valence-corrected chi connectivity index (χ4v) is 2.12. The van der Waals surface area contributed by atoms with Crippen molar-refractivity contribution in [2.24, 2.45) is 11.8 Å². The molecule has 2 fully saturated rings. The van der Waals surface area contributed by atoms with Crippen LogP contribution in [0.3, 0.4) is 0 Å². The summed E-state index contributed by atoms with van der Waals surface area (Å²) in [6.07, 6.45) is 7.25. The molecule has 1 aliphatic heterocycles. The van der Waals surface area contributed by atoms with E-state index < -0.39 is 0 Å². The summed E-state index contributed by atoms with van der Waals surface area (Å²) in [6, 6.07) is 0. The Morgan fingerprint density at radius 3 is 2.77 bits per heavy atom. The molecule has 0 aromatic heterocycles. The molecule has 76 valence electrons. The van der Waals surface area contributed by atoms with Crippen LogP contribution in [0.25, 0.3) is 0 Å². The monoisotopic (exact) mass is 182 g/mol. The average Bonchev–Trinajstić information content (AvgIpc) is 2.81. The van der Waals surface area contributed by atoms with Gasteiger partial charge in [-0.05, 0) is 57.3 Å². The number of rotatable bonds is 6. The molecule has 0 aromatic rings. The van der Waals surface area contributed by atoms with Gasteiger partial charge in [-0.2, -0.15) is 0 Å². The zero-order valence-electron chi connectivity index (χ0n) is 8.52. The summed E-state index contributed by atoms with van der Waals surface area (Å²) in [7, 11) is 0. The van der Waals surface area contributed by atoms with Gasteiger partial charge in [0.2, 0.25) is 0 Å². The minimum Gasteiger partial charge on any atom is -0.316 e. The van der Waals surface area contributed by atoms with Crippen molar-refractivity contribution in [1.82, 2.24) is 10.6 Å². The van der Waals surface area contributed by atoms with E-state index in [1.807, 2.05) is 0 Å². The van der Waals surface area contributed by atoms with E-state index in [0.717, 1.165) is 11.8 Å². The van der Waals surface area contributed by atoms with Gasteiger partial charge in [-0.25, -0.2) is 0 Å². The fraction of sp³-hybridized carbons (Fsp3) is 1.00. The standard InChI is InChI=1S/C11H22N2/c1(2-10-3-4-10)6-12-8-11-5-7-13-9-11/h10-13H,1-9H2. The van der Waals surface area contributed by atoms with Gasteiger partial charge in [0.1, 0.15) is 0 Å². The van der Waals surface area contributed by atoms with Crippen LogP contribution < -0.4 is 10.6 Å². The molecule has 1 unspecified atom stereocenters. The predicted octanol–water partition coefficient (Wildman–Crippen LogP) is 1.38. The molecule has 13 heavy (non-hydrogen) atoms. The molecule has 2 N–H and O–H groups in total. The van der Waals surface area contributed by atoms with Crippen LogP contribution in [-0.4, -0.2) is 26.2 Å². The Labute approximate surface area is 81.5 Å². The first-order valence-corrected chi connectivity index (χ1v) is 5.86. The quantitative estimate of drug-likeness (QED) is 0.606. The van der Waals surface area contributed by atoms with E-state index in [-0.39, 0.29) is 0 Å². The molecule has 1 aliphatic carbocycles. The topological polar surface area (TPSA) is 24.1 Å². The maximum Gasteiger partial charge on any atom is -0.000790 e. The zero-order valence-corrected chi connectivity index (χ0v) is 8.52.